The number of rotatable bonds is 4. The van der Waals surface area contributed by atoms with Gasteiger partial charge >= 0.3 is 5.97 Å². The topological polar surface area (TPSA) is 68.1 Å². The molecule has 0 aromatic heterocycles. The van der Waals surface area contributed by atoms with Crippen LogP contribution in [0.4, 0.5) is 0 Å². The highest BCUT2D eigenvalue weighted by Crippen LogP contribution is 2.21. The average Bonchev–Trinajstić information content (AvgIpc) is 2.77. The van der Waals surface area contributed by atoms with E-state index < -0.39 is 12.1 Å². The molecule has 96 valence electrons. The van der Waals surface area contributed by atoms with Crippen LogP contribution >= 0.6 is 0 Å². The Bertz CT molecular complexity index is 482. The monoisotopic (exact) mass is 249 g/mol. The number of nitrogens with zero attached hydrogens (tertiary/aromatic N) is 1. The number of oxime groups is 1. The molecule has 0 fully saturated rings. The lowest BCUT2D eigenvalue weighted by Gasteiger charge is -2.10. The van der Waals surface area contributed by atoms with Crippen LogP contribution in [0.2, 0.25) is 0 Å². The molecule has 1 aromatic carbocycles. The summed E-state index contributed by atoms with van der Waals surface area (Å²) in [6.45, 7) is 3.90. The van der Waals surface area contributed by atoms with E-state index in [1.807, 2.05) is 38.1 Å². The molecule has 1 aromatic rings. The van der Waals surface area contributed by atoms with Gasteiger partial charge in [0.05, 0.1) is 11.8 Å². The first-order valence-electron chi connectivity index (χ1n) is 5.79. The van der Waals surface area contributed by atoms with Gasteiger partial charge in [0.2, 0.25) is 6.10 Å². The summed E-state index contributed by atoms with van der Waals surface area (Å²) >= 11 is 0. The Kier molecular flexibility index (Phi) is 3.50. The van der Waals surface area contributed by atoms with Crippen molar-refractivity contribution in [2.24, 2.45) is 5.16 Å². The molecular formula is C13H15NO4. The van der Waals surface area contributed by atoms with E-state index in [-0.39, 0.29) is 12.5 Å². The third-order valence-electron chi connectivity index (χ3n) is 2.48. The van der Waals surface area contributed by atoms with E-state index in [4.69, 9.17) is 14.7 Å². The predicted molar refractivity (Wildman–Crippen MR) is 65.9 cm³/mol. The number of carbonyl (C=O) groups is 1. The summed E-state index contributed by atoms with van der Waals surface area (Å²) in [6, 6.07) is 7.41. The second kappa shape index (κ2) is 5.08. The number of ether oxygens (including phenoxy) is 1. The van der Waals surface area contributed by atoms with Crippen molar-refractivity contribution in [1.82, 2.24) is 0 Å². The first kappa shape index (κ1) is 12.4. The Labute approximate surface area is 105 Å². The van der Waals surface area contributed by atoms with Gasteiger partial charge in [0, 0.05) is 12.0 Å². The quantitative estimate of drug-likeness (QED) is 0.886. The van der Waals surface area contributed by atoms with Crippen molar-refractivity contribution in [3.8, 4) is 5.75 Å². The van der Waals surface area contributed by atoms with E-state index in [1.165, 1.54) is 0 Å². The normalized spacial score (nSPS) is 18.4. The molecule has 0 spiro atoms. The molecule has 0 amide bonds. The maximum absolute atomic E-state index is 10.8. The van der Waals surface area contributed by atoms with Crippen molar-refractivity contribution in [2.75, 3.05) is 0 Å². The van der Waals surface area contributed by atoms with Crippen molar-refractivity contribution < 1.29 is 19.5 Å². The first-order valence-corrected chi connectivity index (χ1v) is 5.79. The van der Waals surface area contributed by atoms with E-state index in [0.717, 1.165) is 11.3 Å². The summed E-state index contributed by atoms with van der Waals surface area (Å²) in [7, 11) is 0. The molecule has 0 bridgehead atoms. The molecule has 1 heterocycles. The molecular weight excluding hydrogens is 234 g/mol. The summed E-state index contributed by atoms with van der Waals surface area (Å²) < 4.78 is 5.58. The Morgan fingerprint density at radius 3 is 2.94 bits per heavy atom. The van der Waals surface area contributed by atoms with Gasteiger partial charge in [0.1, 0.15) is 5.75 Å². The molecule has 5 nitrogen and oxygen atoms in total. The number of hydrogen-bond acceptors (Lipinski definition) is 4. The molecule has 0 saturated heterocycles. The molecule has 1 aliphatic rings. The third-order valence-corrected chi connectivity index (χ3v) is 2.48. The Morgan fingerprint density at radius 1 is 1.56 bits per heavy atom. The number of benzene rings is 1. The Balaban J connectivity index is 2.12. The fourth-order valence-corrected chi connectivity index (χ4v) is 1.70. The maximum Gasteiger partial charge on any atom is 0.348 e. The SMILES string of the molecule is CC(C)Oc1cccc(C2=NOC(C(=O)O)C2)c1. The van der Waals surface area contributed by atoms with E-state index in [2.05, 4.69) is 5.16 Å². The minimum absolute atomic E-state index is 0.0915. The van der Waals surface area contributed by atoms with Crippen LogP contribution in [-0.2, 0) is 9.63 Å². The lowest BCUT2D eigenvalue weighted by atomic mass is 10.0. The van der Waals surface area contributed by atoms with Crippen LogP contribution in [0, 0.1) is 0 Å². The second-order valence-corrected chi connectivity index (χ2v) is 4.37. The molecule has 18 heavy (non-hydrogen) atoms. The van der Waals surface area contributed by atoms with Crippen molar-refractivity contribution in [1.29, 1.82) is 0 Å². The zero-order valence-corrected chi connectivity index (χ0v) is 10.3. The molecule has 1 atom stereocenters. The van der Waals surface area contributed by atoms with Crippen LogP contribution in [0.25, 0.3) is 0 Å². The van der Waals surface area contributed by atoms with Crippen LogP contribution in [0.15, 0.2) is 29.4 Å². The molecule has 0 saturated carbocycles. The van der Waals surface area contributed by atoms with Crippen LogP contribution in [0.5, 0.6) is 5.75 Å². The van der Waals surface area contributed by atoms with Crippen molar-refractivity contribution in [2.45, 2.75) is 32.5 Å². The number of aliphatic carboxylic acids is 1. The lowest BCUT2D eigenvalue weighted by Crippen LogP contribution is -2.19. The summed E-state index contributed by atoms with van der Waals surface area (Å²) in [5.41, 5.74) is 1.47. The fraction of sp³-hybridized carbons (Fsp3) is 0.385. The van der Waals surface area contributed by atoms with Crippen molar-refractivity contribution >= 4 is 11.7 Å². The minimum atomic E-state index is -0.997. The maximum atomic E-state index is 10.8. The molecule has 1 unspecified atom stereocenters. The van der Waals surface area contributed by atoms with E-state index in [1.54, 1.807) is 0 Å². The fourth-order valence-electron chi connectivity index (χ4n) is 1.70. The zero-order valence-electron chi connectivity index (χ0n) is 10.3. The van der Waals surface area contributed by atoms with Gasteiger partial charge in [-0.3, -0.25) is 0 Å². The number of hydrogen-bond donors (Lipinski definition) is 1. The Hall–Kier alpha value is -2.04. The highest BCUT2D eigenvalue weighted by Gasteiger charge is 2.28. The Morgan fingerprint density at radius 2 is 2.33 bits per heavy atom. The lowest BCUT2D eigenvalue weighted by molar-refractivity contribution is -0.148. The zero-order chi connectivity index (χ0) is 13.1. The smallest absolute Gasteiger partial charge is 0.348 e. The van der Waals surface area contributed by atoms with Gasteiger partial charge in [-0.1, -0.05) is 17.3 Å². The summed E-state index contributed by atoms with van der Waals surface area (Å²) in [6.07, 6.45) is -0.510. The molecule has 2 rings (SSSR count). The molecule has 0 aliphatic carbocycles. The van der Waals surface area contributed by atoms with Crippen LogP contribution in [0.3, 0.4) is 0 Å². The van der Waals surface area contributed by atoms with Gasteiger partial charge in [0.25, 0.3) is 0 Å². The summed E-state index contributed by atoms with van der Waals surface area (Å²) in [5.74, 6) is -0.257. The van der Waals surface area contributed by atoms with E-state index in [0.29, 0.717) is 5.71 Å². The number of carboxylic acids is 1. The minimum Gasteiger partial charge on any atom is -0.491 e. The highest BCUT2D eigenvalue weighted by atomic mass is 16.7. The summed E-state index contributed by atoms with van der Waals surface area (Å²) in [5, 5.41) is 12.6. The molecule has 1 N–H and O–H groups in total. The van der Waals surface area contributed by atoms with Gasteiger partial charge in [-0.25, -0.2) is 4.79 Å². The van der Waals surface area contributed by atoms with E-state index >= 15 is 0 Å². The largest absolute Gasteiger partial charge is 0.491 e. The van der Waals surface area contributed by atoms with Gasteiger partial charge < -0.3 is 14.7 Å². The second-order valence-electron chi connectivity index (χ2n) is 4.37. The van der Waals surface area contributed by atoms with Gasteiger partial charge in [-0.05, 0) is 26.0 Å². The molecule has 0 radical (unpaired) electrons. The molecule has 5 heteroatoms. The van der Waals surface area contributed by atoms with Gasteiger partial charge in [-0.2, -0.15) is 0 Å². The summed E-state index contributed by atoms with van der Waals surface area (Å²) in [4.78, 5) is 15.6. The standard InChI is InChI=1S/C13H15NO4/c1-8(2)17-10-5-3-4-9(6-10)11-7-12(13(15)16)18-14-11/h3-6,8,12H,7H2,1-2H3,(H,15,16). The van der Waals surface area contributed by atoms with Gasteiger partial charge in [0.15, 0.2) is 0 Å². The van der Waals surface area contributed by atoms with Crippen LogP contribution in [-0.4, -0.2) is 29.0 Å². The predicted octanol–water partition coefficient (Wildman–Crippen LogP) is 2.05. The molecule has 1 aliphatic heterocycles. The average molecular weight is 249 g/mol. The highest BCUT2D eigenvalue weighted by molar-refractivity contribution is 6.03. The van der Waals surface area contributed by atoms with E-state index in [9.17, 15) is 4.79 Å². The third kappa shape index (κ3) is 2.80. The van der Waals surface area contributed by atoms with Crippen LogP contribution < -0.4 is 4.74 Å². The van der Waals surface area contributed by atoms with Gasteiger partial charge in [-0.15, -0.1) is 0 Å². The van der Waals surface area contributed by atoms with Crippen molar-refractivity contribution in [3.63, 3.8) is 0 Å². The van der Waals surface area contributed by atoms with Crippen molar-refractivity contribution in [3.05, 3.63) is 29.8 Å². The number of carboxylic acid groups (broad SMARTS) is 1. The first-order chi connectivity index (χ1) is 8.56. The van der Waals surface area contributed by atoms with Crippen LogP contribution in [0.1, 0.15) is 25.8 Å².